The number of carbonyl (C=O) groups is 2. The van der Waals surface area contributed by atoms with Crippen molar-refractivity contribution in [1.82, 2.24) is 0 Å². The number of hydrogen-bond donors (Lipinski definition) is 1. The van der Waals surface area contributed by atoms with E-state index in [4.69, 9.17) is 0 Å². The fraction of sp³-hybridized carbons (Fsp3) is 0.263. The standard InChI is InChI=1S/C19H20FN3O2/c1-22(2)17-10-6-4-8-15(17)21-19(25)13-11-18(24)23(12-13)16-9-5-3-7-14(16)20/h3-10,13H,11-12H2,1-2H3,(H,21,25). The summed E-state index contributed by atoms with van der Waals surface area (Å²) in [4.78, 5) is 28.1. The van der Waals surface area contributed by atoms with Gasteiger partial charge in [-0.25, -0.2) is 4.39 Å². The van der Waals surface area contributed by atoms with Crippen molar-refractivity contribution in [1.29, 1.82) is 0 Å². The summed E-state index contributed by atoms with van der Waals surface area (Å²) in [5.74, 6) is -1.45. The van der Waals surface area contributed by atoms with Crippen molar-refractivity contribution in [3.05, 3.63) is 54.3 Å². The number of para-hydroxylation sites is 3. The molecule has 0 saturated carbocycles. The molecule has 2 aromatic carbocycles. The van der Waals surface area contributed by atoms with Crippen molar-refractivity contribution < 1.29 is 14.0 Å². The first-order chi connectivity index (χ1) is 12.0. The minimum absolute atomic E-state index is 0.0737. The quantitative estimate of drug-likeness (QED) is 0.930. The van der Waals surface area contributed by atoms with Gasteiger partial charge in [0.15, 0.2) is 0 Å². The Labute approximate surface area is 146 Å². The van der Waals surface area contributed by atoms with Crippen LogP contribution in [0.1, 0.15) is 6.42 Å². The number of nitrogens with zero attached hydrogens (tertiary/aromatic N) is 2. The second-order valence-electron chi connectivity index (χ2n) is 6.26. The SMILES string of the molecule is CN(C)c1ccccc1NC(=O)C1CC(=O)N(c2ccccc2F)C1. The summed E-state index contributed by atoms with van der Waals surface area (Å²) in [5.41, 5.74) is 1.79. The molecule has 3 rings (SSSR count). The zero-order chi connectivity index (χ0) is 18.0. The van der Waals surface area contributed by atoms with E-state index >= 15 is 0 Å². The van der Waals surface area contributed by atoms with Crippen LogP contribution in [-0.4, -0.2) is 32.5 Å². The Morgan fingerprint density at radius 1 is 1.16 bits per heavy atom. The van der Waals surface area contributed by atoms with E-state index in [1.165, 1.54) is 11.0 Å². The van der Waals surface area contributed by atoms with Gasteiger partial charge in [0.2, 0.25) is 11.8 Å². The van der Waals surface area contributed by atoms with Crippen LogP contribution < -0.4 is 15.1 Å². The van der Waals surface area contributed by atoms with E-state index in [1.54, 1.807) is 18.2 Å². The van der Waals surface area contributed by atoms with Crippen LogP contribution in [0.4, 0.5) is 21.5 Å². The Bertz CT molecular complexity index is 807. The monoisotopic (exact) mass is 341 g/mol. The number of rotatable bonds is 4. The summed E-state index contributed by atoms with van der Waals surface area (Å²) in [6, 6.07) is 13.6. The van der Waals surface area contributed by atoms with Crippen LogP contribution in [0.25, 0.3) is 0 Å². The van der Waals surface area contributed by atoms with E-state index in [0.717, 1.165) is 5.69 Å². The Hall–Kier alpha value is -2.89. The maximum absolute atomic E-state index is 13.9. The predicted molar refractivity (Wildman–Crippen MR) is 96.3 cm³/mol. The third-order valence-corrected chi connectivity index (χ3v) is 4.28. The van der Waals surface area contributed by atoms with Gasteiger partial charge in [0.1, 0.15) is 5.82 Å². The molecular formula is C19H20FN3O2. The summed E-state index contributed by atoms with van der Waals surface area (Å²) in [7, 11) is 3.79. The van der Waals surface area contributed by atoms with Crippen molar-refractivity contribution in [2.24, 2.45) is 5.92 Å². The number of anilines is 3. The molecule has 6 heteroatoms. The molecule has 0 bridgehead atoms. The normalized spacial score (nSPS) is 16.8. The first-order valence-electron chi connectivity index (χ1n) is 8.09. The van der Waals surface area contributed by atoms with Gasteiger partial charge in [-0.3, -0.25) is 9.59 Å². The number of nitrogens with one attached hydrogen (secondary N) is 1. The summed E-state index contributed by atoms with van der Waals surface area (Å²) in [6.07, 6.45) is 0.0737. The Morgan fingerprint density at radius 2 is 1.84 bits per heavy atom. The predicted octanol–water partition coefficient (Wildman–Crippen LogP) is 2.88. The van der Waals surface area contributed by atoms with Crippen molar-refractivity contribution in [2.45, 2.75) is 6.42 Å². The molecule has 5 nitrogen and oxygen atoms in total. The van der Waals surface area contributed by atoms with Crippen molar-refractivity contribution >= 4 is 28.9 Å². The van der Waals surface area contributed by atoms with Crippen molar-refractivity contribution in [3.8, 4) is 0 Å². The highest BCUT2D eigenvalue weighted by Gasteiger charge is 2.36. The third kappa shape index (κ3) is 3.47. The van der Waals surface area contributed by atoms with E-state index in [0.29, 0.717) is 5.69 Å². The van der Waals surface area contributed by atoms with Crippen molar-refractivity contribution in [2.75, 3.05) is 35.8 Å². The molecule has 0 aliphatic carbocycles. The molecule has 2 aromatic rings. The van der Waals surface area contributed by atoms with Crippen LogP contribution in [0.3, 0.4) is 0 Å². The number of carbonyl (C=O) groups excluding carboxylic acids is 2. The number of benzene rings is 2. The molecule has 0 spiro atoms. The lowest BCUT2D eigenvalue weighted by molar-refractivity contribution is -0.122. The van der Waals surface area contributed by atoms with Crippen LogP contribution in [0.15, 0.2) is 48.5 Å². The molecule has 1 N–H and O–H groups in total. The highest BCUT2D eigenvalue weighted by atomic mass is 19.1. The zero-order valence-electron chi connectivity index (χ0n) is 14.2. The van der Waals surface area contributed by atoms with Crippen LogP contribution in [0.2, 0.25) is 0 Å². The fourth-order valence-electron chi connectivity index (χ4n) is 2.99. The largest absolute Gasteiger partial charge is 0.376 e. The smallest absolute Gasteiger partial charge is 0.229 e. The lowest BCUT2D eigenvalue weighted by Gasteiger charge is -2.19. The van der Waals surface area contributed by atoms with Gasteiger partial charge in [0.25, 0.3) is 0 Å². The van der Waals surface area contributed by atoms with Gasteiger partial charge in [-0.2, -0.15) is 0 Å². The maximum Gasteiger partial charge on any atom is 0.229 e. The molecule has 1 fully saturated rings. The van der Waals surface area contributed by atoms with Crippen LogP contribution in [-0.2, 0) is 9.59 Å². The van der Waals surface area contributed by atoms with E-state index in [1.807, 2.05) is 43.3 Å². The Morgan fingerprint density at radius 3 is 2.56 bits per heavy atom. The van der Waals surface area contributed by atoms with Crippen LogP contribution in [0.5, 0.6) is 0 Å². The number of halogens is 1. The lowest BCUT2D eigenvalue weighted by Crippen LogP contribution is -2.29. The van der Waals surface area contributed by atoms with E-state index in [-0.39, 0.29) is 30.5 Å². The average molecular weight is 341 g/mol. The molecule has 130 valence electrons. The summed E-state index contributed by atoms with van der Waals surface area (Å²) < 4.78 is 13.9. The van der Waals surface area contributed by atoms with Gasteiger partial charge in [0.05, 0.1) is 23.0 Å². The van der Waals surface area contributed by atoms with Gasteiger partial charge >= 0.3 is 0 Å². The van der Waals surface area contributed by atoms with Gasteiger partial charge in [-0.1, -0.05) is 24.3 Å². The molecule has 1 atom stereocenters. The molecular weight excluding hydrogens is 321 g/mol. The molecule has 0 radical (unpaired) electrons. The third-order valence-electron chi connectivity index (χ3n) is 4.28. The molecule has 0 aromatic heterocycles. The van der Waals surface area contributed by atoms with Crippen LogP contribution in [0, 0.1) is 11.7 Å². The van der Waals surface area contributed by atoms with E-state index in [9.17, 15) is 14.0 Å². The van der Waals surface area contributed by atoms with Gasteiger partial charge in [0, 0.05) is 27.1 Å². The zero-order valence-corrected chi connectivity index (χ0v) is 14.2. The van der Waals surface area contributed by atoms with E-state index < -0.39 is 11.7 Å². The summed E-state index contributed by atoms with van der Waals surface area (Å²) >= 11 is 0. The average Bonchev–Trinajstić information content (AvgIpc) is 2.97. The fourth-order valence-corrected chi connectivity index (χ4v) is 2.99. The molecule has 1 saturated heterocycles. The topological polar surface area (TPSA) is 52.7 Å². The molecule has 1 heterocycles. The van der Waals surface area contributed by atoms with E-state index in [2.05, 4.69) is 5.32 Å². The molecule has 1 unspecified atom stereocenters. The minimum Gasteiger partial charge on any atom is -0.376 e. The Kier molecular flexibility index (Phi) is 4.70. The molecule has 25 heavy (non-hydrogen) atoms. The summed E-state index contributed by atoms with van der Waals surface area (Å²) in [5, 5.41) is 2.89. The highest BCUT2D eigenvalue weighted by molar-refractivity contribution is 6.04. The first kappa shape index (κ1) is 17.0. The lowest BCUT2D eigenvalue weighted by atomic mass is 10.1. The first-order valence-corrected chi connectivity index (χ1v) is 8.09. The van der Waals surface area contributed by atoms with Gasteiger partial charge in [-0.05, 0) is 24.3 Å². The molecule has 1 aliphatic rings. The number of amides is 2. The number of hydrogen-bond acceptors (Lipinski definition) is 3. The molecule has 2 amide bonds. The second kappa shape index (κ2) is 6.93. The Balaban J connectivity index is 1.75. The van der Waals surface area contributed by atoms with Crippen LogP contribution >= 0.6 is 0 Å². The van der Waals surface area contributed by atoms with Gasteiger partial charge in [-0.15, -0.1) is 0 Å². The molecule has 1 aliphatic heterocycles. The van der Waals surface area contributed by atoms with Crippen molar-refractivity contribution in [3.63, 3.8) is 0 Å². The maximum atomic E-state index is 13.9. The minimum atomic E-state index is -0.512. The van der Waals surface area contributed by atoms with Gasteiger partial charge < -0.3 is 15.1 Å². The summed E-state index contributed by atoms with van der Waals surface area (Å²) in [6.45, 7) is 0.176. The highest BCUT2D eigenvalue weighted by Crippen LogP contribution is 2.29. The second-order valence-corrected chi connectivity index (χ2v) is 6.26.